The van der Waals surface area contributed by atoms with E-state index in [1.54, 1.807) is 11.8 Å². The zero-order chi connectivity index (χ0) is 8.97. The van der Waals surface area contributed by atoms with Crippen molar-refractivity contribution in [2.45, 2.75) is 6.92 Å². The molecule has 1 aliphatic heterocycles. The van der Waals surface area contributed by atoms with Gasteiger partial charge in [0.05, 0.1) is 5.71 Å². The van der Waals surface area contributed by atoms with Crippen LogP contribution in [0, 0.1) is 5.92 Å². The van der Waals surface area contributed by atoms with Crippen LogP contribution in [0.25, 0.3) is 0 Å². The second-order valence-corrected chi connectivity index (χ2v) is 3.70. The Kier molecular flexibility index (Phi) is 3.40. The van der Waals surface area contributed by atoms with Gasteiger partial charge in [0.25, 0.3) is 0 Å². The Hall–Kier alpha value is -0.710. The molecule has 1 fully saturated rings. The number of carboxylic acid groups (broad SMARTS) is 1. The van der Waals surface area contributed by atoms with Crippen molar-refractivity contribution in [2.75, 3.05) is 18.1 Å². The fraction of sp³-hybridized carbons (Fsp3) is 0.714. The molecule has 1 rings (SSSR count). The maximum absolute atomic E-state index is 10.1. The van der Waals surface area contributed by atoms with Crippen molar-refractivity contribution < 1.29 is 14.7 Å². The third-order valence-corrected chi connectivity index (χ3v) is 2.79. The highest BCUT2D eigenvalue weighted by atomic mass is 32.2. The van der Waals surface area contributed by atoms with Crippen molar-refractivity contribution in [1.29, 1.82) is 0 Å². The third-order valence-electron chi connectivity index (χ3n) is 1.56. The molecule has 0 aromatic heterocycles. The summed E-state index contributed by atoms with van der Waals surface area (Å²) < 4.78 is 0. The topological polar surface area (TPSA) is 58.9 Å². The Bertz CT molecular complexity index is 205. The molecule has 0 aromatic carbocycles. The Morgan fingerprint density at radius 1 is 1.92 bits per heavy atom. The summed E-state index contributed by atoms with van der Waals surface area (Å²) in [7, 11) is 0. The Balaban J connectivity index is 2.31. The molecule has 0 aromatic rings. The molecule has 12 heavy (non-hydrogen) atoms. The van der Waals surface area contributed by atoms with Crippen LogP contribution in [-0.2, 0) is 9.63 Å². The quantitative estimate of drug-likeness (QED) is 0.668. The smallest absolute Gasteiger partial charge is 0.344 e. The lowest BCUT2D eigenvalue weighted by Crippen LogP contribution is -2.10. The molecule has 1 atom stereocenters. The highest BCUT2D eigenvalue weighted by Crippen LogP contribution is 2.20. The summed E-state index contributed by atoms with van der Waals surface area (Å²) in [6, 6.07) is 0. The van der Waals surface area contributed by atoms with Gasteiger partial charge in [0.15, 0.2) is 0 Å². The van der Waals surface area contributed by atoms with Gasteiger partial charge in [-0.05, 0) is 0 Å². The number of thioether (sulfide) groups is 1. The summed E-state index contributed by atoms with van der Waals surface area (Å²) in [6.45, 7) is 1.71. The minimum atomic E-state index is -0.988. The molecule has 0 saturated carbocycles. The molecule has 1 N–H and O–H groups in total. The number of rotatable bonds is 3. The highest BCUT2D eigenvalue weighted by molar-refractivity contribution is 8.00. The largest absolute Gasteiger partial charge is 0.479 e. The van der Waals surface area contributed by atoms with E-state index in [0.717, 1.165) is 17.2 Å². The lowest BCUT2D eigenvalue weighted by Gasteiger charge is -2.00. The summed E-state index contributed by atoms with van der Waals surface area (Å²) >= 11 is 1.79. The van der Waals surface area contributed by atoms with E-state index in [2.05, 4.69) is 16.9 Å². The Morgan fingerprint density at radius 2 is 2.67 bits per heavy atom. The maximum Gasteiger partial charge on any atom is 0.344 e. The summed E-state index contributed by atoms with van der Waals surface area (Å²) in [4.78, 5) is 14.7. The van der Waals surface area contributed by atoms with Gasteiger partial charge >= 0.3 is 5.97 Å². The first-order chi connectivity index (χ1) is 5.70. The van der Waals surface area contributed by atoms with Crippen LogP contribution in [0.2, 0.25) is 0 Å². The summed E-state index contributed by atoms with van der Waals surface area (Å²) in [5.41, 5.74) is 0.959. The van der Waals surface area contributed by atoms with E-state index in [-0.39, 0.29) is 6.61 Å². The van der Waals surface area contributed by atoms with Crippen molar-refractivity contribution >= 4 is 23.4 Å². The van der Waals surface area contributed by atoms with Crippen LogP contribution in [-0.4, -0.2) is 34.9 Å². The molecule has 4 nitrogen and oxygen atoms in total. The van der Waals surface area contributed by atoms with Crippen LogP contribution in [0.1, 0.15) is 6.92 Å². The molecule has 1 aliphatic rings. The van der Waals surface area contributed by atoms with Crippen LogP contribution < -0.4 is 0 Å². The monoisotopic (exact) mass is 189 g/mol. The van der Waals surface area contributed by atoms with Gasteiger partial charge in [-0.1, -0.05) is 12.1 Å². The predicted octanol–water partition coefficient (Wildman–Crippen LogP) is 0.827. The van der Waals surface area contributed by atoms with E-state index in [4.69, 9.17) is 5.11 Å². The molecule has 0 aliphatic carbocycles. The molecule has 0 amide bonds. The molecule has 68 valence electrons. The minimum absolute atomic E-state index is 0.346. The average Bonchev–Trinajstić information content (AvgIpc) is 2.36. The van der Waals surface area contributed by atoms with Crippen molar-refractivity contribution in [2.24, 2.45) is 11.1 Å². The van der Waals surface area contributed by atoms with E-state index in [1.165, 1.54) is 0 Å². The molecule has 1 heterocycles. The number of carboxylic acids is 1. The molecule has 5 heteroatoms. The number of oxime groups is 1. The van der Waals surface area contributed by atoms with Gasteiger partial charge in [-0.3, -0.25) is 0 Å². The molecular weight excluding hydrogens is 178 g/mol. The summed E-state index contributed by atoms with van der Waals surface area (Å²) in [5.74, 6) is 1.34. The van der Waals surface area contributed by atoms with Gasteiger partial charge in [-0.2, -0.15) is 11.8 Å². The fourth-order valence-corrected chi connectivity index (χ4v) is 2.08. The summed E-state index contributed by atoms with van der Waals surface area (Å²) in [5, 5.41) is 12.0. The van der Waals surface area contributed by atoms with Crippen molar-refractivity contribution in [3.8, 4) is 0 Å². The third kappa shape index (κ3) is 2.73. The van der Waals surface area contributed by atoms with E-state index in [1.807, 2.05) is 0 Å². The van der Waals surface area contributed by atoms with Crippen molar-refractivity contribution in [3.63, 3.8) is 0 Å². The summed E-state index contributed by atoms with van der Waals surface area (Å²) in [6.07, 6.45) is 0. The number of nitrogens with zero attached hydrogens (tertiary/aromatic N) is 1. The van der Waals surface area contributed by atoms with Crippen LogP contribution in [0.3, 0.4) is 0 Å². The molecule has 0 radical (unpaired) electrons. The first-order valence-electron chi connectivity index (χ1n) is 3.68. The van der Waals surface area contributed by atoms with Gasteiger partial charge in [0.1, 0.15) is 0 Å². The lowest BCUT2D eigenvalue weighted by atomic mass is 10.1. The van der Waals surface area contributed by atoms with E-state index in [0.29, 0.717) is 5.92 Å². The number of carbonyl (C=O) groups is 1. The molecule has 1 saturated heterocycles. The number of hydrogen-bond donors (Lipinski definition) is 1. The SMILES string of the molecule is CC1CSC/C1=N\OCC(=O)O. The normalized spacial score (nSPS) is 26.1. The zero-order valence-corrected chi connectivity index (χ0v) is 7.63. The van der Waals surface area contributed by atoms with E-state index in [9.17, 15) is 4.79 Å². The molecule has 0 spiro atoms. The van der Waals surface area contributed by atoms with Gasteiger partial charge in [0, 0.05) is 17.4 Å². The van der Waals surface area contributed by atoms with Crippen LogP contribution in [0.5, 0.6) is 0 Å². The van der Waals surface area contributed by atoms with Crippen molar-refractivity contribution in [3.05, 3.63) is 0 Å². The minimum Gasteiger partial charge on any atom is -0.479 e. The second-order valence-electron chi connectivity index (χ2n) is 2.67. The average molecular weight is 189 g/mol. The first kappa shape index (κ1) is 9.38. The lowest BCUT2D eigenvalue weighted by molar-refractivity contribution is -0.142. The molecule has 0 bridgehead atoms. The number of aliphatic carboxylic acids is 1. The van der Waals surface area contributed by atoms with E-state index < -0.39 is 5.97 Å². The van der Waals surface area contributed by atoms with Gasteiger partial charge in [0.2, 0.25) is 6.61 Å². The van der Waals surface area contributed by atoms with E-state index >= 15 is 0 Å². The predicted molar refractivity (Wildman–Crippen MR) is 47.5 cm³/mol. The molecular formula is C7H11NO3S. The van der Waals surface area contributed by atoms with Gasteiger partial charge < -0.3 is 9.94 Å². The highest BCUT2D eigenvalue weighted by Gasteiger charge is 2.18. The standard InChI is InChI=1S/C7H11NO3S/c1-5-3-12-4-6(5)8-11-2-7(9)10/h5H,2-4H2,1H3,(H,9,10)/b8-6+. The fourth-order valence-electron chi connectivity index (χ4n) is 0.865. The van der Waals surface area contributed by atoms with Gasteiger partial charge in [-0.15, -0.1) is 0 Å². The van der Waals surface area contributed by atoms with Crippen molar-refractivity contribution in [1.82, 2.24) is 0 Å². The molecule has 1 unspecified atom stereocenters. The van der Waals surface area contributed by atoms with Crippen LogP contribution in [0.4, 0.5) is 0 Å². The Labute approximate surface area is 75.0 Å². The Morgan fingerprint density at radius 3 is 3.17 bits per heavy atom. The van der Waals surface area contributed by atoms with Crippen LogP contribution in [0.15, 0.2) is 5.16 Å². The zero-order valence-electron chi connectivity index (χ0n) is 6.82. The maximum atomic E-state index is 10.1. The van der Waals surface area contributed by atoms with Gasteiger partial charge in [-0.25, -0.2) is 4.79 Å². The first-order valence-corrected chi connectivity index (χ1v) is 4.84. The van der Waals surface area contributed by atoms with Crippen LogP contribution >= 0.6 is 11.8 Å². The number of hydrogen-bond acceptors (Lipinski definition) is 4. The second kappa shape index (κ2) is 4.35.